The minimum absolute atomic E-state index is 0.107. The molecule has 0 bridgehead atoms. The SMILES string of the molecule is COC(CNC(=O)COc1ccccc1Br)C(=O)O. The van der Waals surface area contributed by atoms with Gasteiger partial charge in [-0.15, -0.1) is 0 Å². The van der Waals surface area contributed by atoms with Crippen molar-refractivity contribution >= 4 is 27.8 Å². The highest BCUT2D eigenvalue weighted by atomic mass is 79.9. The smallest absolute Gasteiger partial charge is 0.334 e. The molecule has 0 saturated heterocycles. The molecule has 0 aromatic heterocycles. The molecule has 0 saturated carbocycles. The monoisotopic (exact) mass is 331 g/mol. The second-order valence-electron chi connectivity index (χ2n) is 3.59. The van der Waals surface area contributed by atoms with Crippen molar-refractivity contribution in [1.82, 2.24) is 5.32 Å². The van der Waals surface area contributed by atoms with E-state index in [-0.39, 0.29) is 13.2 Å². The van der Waals surface area contributed by atoms with Gasteiger partial charge < -0.3 is 19.9 Å². The number of halogens is 1. The van der Waals surface area contributed by atoms with Crippen LogP contribution in [-0.4, -0.2) is 43.3 Å². The Morgan fingerprint density at radius 2 is 2.11 bits per heavy atom. The zero-order valence-electron chi connectivity index (χ0n) is 10.3. The summed E-state index contributed by atoms with van der Waals surface area (Å²) in [6.07, 6.45) is -1.06. The van der Waals surface area contributed by atoms with E-state index in [9.17, 15) is 9.59 Å². The fourth-order valence-corrected chi connectivity index (χ4v) is 1.63. The molecule has 1 amide bonds. The zero-order chi connectivity index (χ0) is 14.3. The van der Waals surface area contributed by atoms with Crippen LogP contribution in [0.25, 0.3) is 0 Å². The summed E-state index contributed by atoms with van der Waals surface area (Å²) < 4.78 is 10.7. The largest absolute Gasteiger partial charge is 0.483 e. The first-order valence-electron chi connectivity index (χ1n) is 5.44. The van der Waals surface area contributed by atoms with E-state index >= 15 is 0 Å². The first-order valence-corrected chi connectivity index (χ1v) is 6.23. The fraction of sp³-hybridized carbons (Fsp3) is 0.333. The lowest BCUT2D eigenvalue weighted by Crippen LogP contribution is -2.39. The van der Waals surface area contributed by atoms with Crippen molar-refractivity contribution in [3.8, 4) is 5.75 Å². The first kappa shape index (κ1) is 15.5. The number of amides is 1. The van der Waals surface area contributed by atoms with Crippen molar-refractivity contribution < 1.29 is 24.2 Å². The van der Waals surface area contributed by atoms with Gasteiger partial charge in [-0.05, 0) is 28.1 Å². The van der Waals surface area contributed by atoms with Gasteiger partial charge in [-0.25, -0.2) is 4.79 Å². The number of para-hydroxylation sites is 1. The number of hydrogen-bond donors (Lipinski definition) is 2. The minimum atomic E-state index is -1.13. The molecule has 7 heteroatoms. The van der Waals surface area contributed by atoms with E-state index in [4.69, 9.17) is 9.84 Å². The van der Waals surface area contributed by atoms with Gasteiger partial charge >= 0.3 is 5.97 Å². The van der Waals surface area contributed by atoms with Crippen LogP contribution in [-0.2, 0) is 14.3 Å². The molecule has 104 valence electrons. The Hall–Kier alpha value is -1.60. The summed E-state index contributed by atoms with van der Waals surface area (Å²) in [6, 6.07) is 7.11. The standard InChI is InChI=1S/C12H14BrNO5/c1-18-10(12(16)17)6-14-11(15)7-19-9-5-3-2-4-8(9)13/h2-5,10H,6-7H2,1H3,(H,14,15)(H,16,17). The van der Waals surface area contributed by atoms with Crippen LogP contribution in [0.2, 0.25) is 0 Å². The third-order valence-electron chi connectivity index (χ3n) is 2.24. The van der Waals surface area contributed by atoms with Gasteiger partial charge in [0.05, 0.1) is 11.0 Å². The van der Waals surface area contributed by atoms with Crippen molar-refractivity contribution in [3.63, 3.8) is 0 Å². The van der Waals surface area contributed by atoms with E-state index < -0.39 is 18.0 Å². The normalized spacial score (nSPS) is 11.7. The number of aliphatic carboxylic acids is 1. The number of nitrogens with one attached hydrogen (secondary N) is 1. The van der Waals surface area contributed by atoms with E-state index in [1.807, 2.05) is 6.07 Å². The Bertz CT molecular complexity index is 452. The molecule has 1 atom stereocenters. The average molecular weight is 332 g/mol. The second-order valence-corrected chi connectivity index (χ2v) is 4.44. The molecule has 0 aliphatic rings. The summed E-state index contributed by atoms with van der Waals surface area (Å²) in [5.74, 6) is -1.01. The topological polar surface area (TPSA) is 84.9 Å². The van der Waals surface area contributed by atoms with E-state index in [0.29, 0.717) is 5.75 Å². The number of ether oxygens (including phenoxy) is 2. The maximum absolute atomic E-state index is 11.5. The molecule has 1 unspecified atom stereocenters. The van der Waals surface area contributed by atoms with Crippen LogP contribution >= 0.6 is 15.9 Å². The van der Waals surface area contributed by atoms with Gasteiger partial charge in [0.15, 0.2) is 12.7 Å². The van der Waals surface area contributed by atoms with Crippen LogP contribution < -0.4 is 10.1 Å². The molecule has 0 fully saturated rings. The molecule has 6 nitrogen and oxygen atoms in total. The molecule has 0 heterocycles. The van der Waals surface area contributed by atoms with E-state index in [2.05, 4.69) is 26.0 Å². The Labute approximate surface area is 118 Å². The lowest BCUT2D eigenvalue weighted by atomic mass is 10.3. The number of carboxylic acids is 1. The number of benzene rings is 1. The van der Waals surface area contributed by atoms with Crippen LogP contribution in [0.1, 0.15) is 0 Å². The number of rotatable bonds is 7. The first-order chi connectivity index (χ1) is 9.04. The van der Waals surface area contributed by atoms with Crippen molar-refractivity contribution in [2.75, 3.05) is 20.3 Å². The summed E-state index contributed by atoms with van der Waals surface area (Å²) in [5.41, 5.74) is 0. The highest BCUT2D eigenvalue weighted by molar-refractivity contribution is 9.10. The number of hydrogen-bond acceptors (Lipinski definition) is 4. The predicted octanol–water partition coefficient (Wildman–Crippen LogP) is 1.04. The van der Waals surface area contributed by atoms with Gasteiger partial charge in [0.1, 0.15) is 5.75 Å². The van der Waals surface area contributed by atoms with Gasteiger partial charge in [-0.1, -0.05) is 12.1 Å². The highest BCUT2D eigenvalue weighted by Crippen LogP contribution is 2.23. The molecule has 2 N–H and O–H groups in total. The maximum Gasteiger partial charge on any atom is 0.334 e. The molecule has 0 radical (unpaired) electrons. The van der Waals surface area contributed by atoms with Crippen LogP contribution in [0.3, 0.4) is 0 Å². The zero-order valence-corrected chi connectivity index (χ0v) is 11.8. The quantitative estimate of drug-likeness (QED) is 0.779. The van der Waals surface area contributed by atoms with Gasteiger partial charge in [0.2, 0.25) is 0 Å². The van der Waals surface area contributed by atoms with E-state index in [1.165, 1.54) is 7.11 Å². The van der Waals surface area contributed by atoms with Gasteiger partial charge in [-0.3, -0.25) is 4.79 Å². The third kappa shape index (κ3) is 5.27. The maximum atomic E-state index is 11.5. The Balaban J connectivity index is 2.36. The van der Waals surface area contributed by atoms with E-state index in [1.54, 1.807) is 18.2 Å². The van der Waals surface area contributed by atoms with Crippen LogP contribution in [0, 0.1) is 0 Å². The third-order valence-corrected chi connectivity index (χ3v) is 2.90. The van der Waals surface area contributed by atoms with Crippen molar-refractivity contribution in [2.24, 2.45) is 0 Å². The molecular formula is C12H14BrNO5. The van der Waals surface area contributed by atoms with Crippen LogP contribution in [0.4, 0.5) is 0 Å². The van der Waals surface area contributed by atoms with E-state index in [0.717, 1.165) is 4.47 Å². The Morgan fingerprint density at radius 3 is 2.68 bits per heavy atom. The summed E-state index contributed by atoms with van der Waals surface area (Å²) in [5, 5.41) is 11.1. The highest BCUT2D eigenvalue weighted by Gasteiger charge is 2.17. The van der Waals surface area contributed by atoms with Crippen molar-refractivity contribution in [1.29, 1.82) is 0 Å². The second kappa shape index (κ2) is 7.75. The molecule has 0 aliphatic heterocycles. The molecule has 1 rings (SSSR count). The van der Waals surface area contributed by atoms with Gasteiger partial charge in [0, 0.05) is 7.11 Å². The molecule has 19 heavy (non-hydrogen) atoms. The summed E-state index contributed by atoms with van der Waals surface area (Å²) >= 11 is 3.28. The summed E-state index contributed by atoms with van der Waals surface area (Å²) in [7, 11) is 1.27. The predicted molar refractivity (Wildman–Crippen MR) is 71.1 cm³/mol. The lowest BCUT2D eigenvalue weighted by molar-refractivity contribution is -0.148. The van der Waals surface area contributed by atoms with Crippen LogP contribution in [0.15, 0.2) is 28.7 Å². The number of carbonyl (C=O) groups excluding carboxylic acids is 1. The number of methoxy groups -OCH3 is 1. The van der Waals surface area contributed by atoms with Crippen LogP contribution in [0.5, 0.6) is 5.75 Å². The summed E-state index contributed by atoms with van der Waals surface area (Å²) in [6.45, 7) is -0.303. The van der Waals surface area contributed by atoms with Crippen molar-refractivity contribution in [3.05, 3.63) is 28.7 Å². The Kier molecular flexibility index (Phi) is 6.31. The molecule has 0 aliphatic carbocycles. The van der Waals surface area contributed by atoms with Gasteiger partial charge in [-0.2, -0.15) is 0 Å². The summed E-state index contributed by atoms with van der Waals surface area (Å²) in [4.78, 5) is 22.1. The van der Waals surface area contributed by atoms with Crippen molar-refractivity contribution in [2.45, 2.75) is 6.10 Å². The molecule has 1 aromatic rings. The average Bonchev–Trinajstić information content (AvgIpc) is 2.38. The lowest BCUT2D eigenvalue weighted by Gasteiger charge is -2.12. The molecular weight excluding hydrogens is 318 g/mol. The molecule has 1 aromatic carbocycles. The fourth-order valence-electron chi connectivity index (χ4n) is 1.23. The number of carboxylic acid groups (broad SMARTS) is 1. The Morgan fingerprint density at radius 1 is 1.42 bits per heavy atom. The minimum Gasteiger partial charge on any atom is -0.483 e. The number of carbonyl (C=O) groups is 2. The van der Waals surface area contributed by atoms with Gasteiger partial charge in [0.25, 0.3) is 5.91 Å². The molecule has 0 spiro atoms.